The summed E-state index contributed by atoms with van der Waals surface area (Å²) in [6.45, 7) is 1.69. The highest BCUT2D eigenvalue weighted by Crippen LogP contribution is 2.27. The number of ether oxygens (including phenoxy) is 2. The maximum Gasteiger partial charge on any atom is 0.332 e. The van der Waals surface area contributed by atoms with Crippen LogP contribution < -0.4 is 20.5 Å². The highest BCUT2D eigenvalue weighted by Gasteiger charge is 2.04. The zero-order chi connectivity index (χ0) is 16.4. The van der Waals surface area contributed by atoms with Gasteiger partial charge in [0.1, 0.15) is 6.10 Å². The van der Waals surface area contributed by atoms with E-state index in [2.05, 4.69) is 5.32 Å². The molecule has 1 aromatic rings. The predicted octanol–water partition coefficient (Wildman–Crippen LogP) is 0.139. The molecular formula is C13H21N3O5. The van der Waals surface area contributed by atoms with Crippen LogP contribution in [-0.2, 0) is 11.3 Å². The minimum Gasteiger partial charge on any atom is -0.493 e. The van der Waals surface area contributed by atoms with E-state index in [-0.39, 0.29) is 5.96 Å². The SMILES string of the molecule is CC(O)C(=O)O.COc1ccc(CNC(=N)N)cc1OC. The van der Waals surface area contributed by atoms with Crippen molar-refractivity contribution in [3.05, 3.63) is 23.8 Å². The first-order valence-corrected chi connectivity index (χ1v) is 6.01. The van der Waals surface area contributed by atoms with Gasteiger partial charge in [0.2, 0.25) is 0 Å². The third-order valence-electron chi connectivity index (χ3n) is 2.29. The van der Waals surface area contributed by atoms with Gasteiger partial charge in [0.25, 0.3) is 0 Å². The van der Waals surface area contributed by atoms with Crippen LogP contribution in [0, 0.1) is 5.41 Å². The van der Waals surface area contributed by atoms with E-state index in [0.29, 0.717) is 18.0 Å². The summed E-state index contributed by atoms with van der Waals surface area (Å²) >= 11 is 0. The van der Waals surface area contributed by atoms with E-state index in [0.717, 1.165) is 5.56 Å². The van der Waals surface area contributed by atoms with Gasteiger partial charge in [-0.05, 0) is 24.6 Å². The number of aliphatic hydroxyl groups excluding tert-OH is 1. The Hall–Kier alpha value is -2.48. The maximum atomic E-state index is 9.45. The molecule has 0 heterocycles. The summed E-state index contributed by atoms with van der Waals surface area (Å²) in [5.41, 5.74) is 6.16. The Morgan fingerprint density at radius 3 is 2.29 bits per heavy atom. The summed E-state index contributed by atoms with van der Waals surface area (Å²) in [5.74, 6) is 0.115. The van der Waals surface area contributed by atoms with Crippen molar-refractivity contribution in [1.29, 1.82) is 5.41 Å². The Balaban J connectivity index is 0.000000567. The summed E-state index contributed by atoms with van der Waals surface area (Å²) in [7, 11) is 3.17. The first kappa shape index (κ1) is 18.5. The Labute approximate surface area is 123 Å². The lowest BCUT2D eigenvalue weighted by molar-refractivity contribution is -0.145. The van der Waals surface area contributed by atoms with Crippen LogP contribution in [0.2, 0.25) is 0 Å². The number of hydrogen-bond donors (Lipinski definition) is 5. The largest absolute Gasteiger partial charge is 0.493 e. The number of carboxylic acids is 1. The van der Waals surface area contributed by atoms with Gasteiger partial charge in [-0.25, -0.2) is 4.79 Å². The molecule has 0 fully saturated rings. The molecule has 0 amide bonds. The second kappa shape index (κ2) is 9.43. The van der Waals surface area contributed by atoms with E-state index in [4.69, 9.17) is 30.8 Å². The highest BCUT2D eigenvalue weighted by atomic mass is 16.5. The molecule has 0 spiro atoms. The van der Waals surface area contributed by atoms with E-state index in [1.165, 1.54) is 6.92 Å². The number of methoxy groups -OCH3 is 2. The summed E-state index contributed by atoms with van der Waals surface area (Å²) in [5, 5.41) is 25.5. The number of nitrogens with one attached hydrogen (secondary N) is 2. The molecule has 1 atom stereocenters. The predicted molar refractivity (Wildman–Crippen MR) is 77.6 cm³/mol. The average Bonchev–Trinajstić information content (AvgIpc) is 2.45. The molecule has 0 aliphatic carbocycles. The number of aliphatic carboxylic acids is 1. The average molecular weight is 299 g/mol. The van der Waals surface area contributed by atoms with Crippen molar-refractivity contribution in [2.24, 2.45) is 5.73 Å². The number of nitrogens with two attached hydrogens (primary N) is 1. The number of hydrogen-bond acceptors (Lipinski definition) is 5. The van der Waals surface area contributed by atoms with Gasteiger partial charge >= 0.3 is 5.97 Å². The Kier molecular flexibility index (Phi) is 8.31. The van der Waals surface area contributed by atoms with Gasteiger partial charge in [0, 0.05) is 6.54 Å². The molecule has 0 bridgehead atoms. The number of carboxylic acid groups (broad SMARTS) is 1. The van der Waals surface area contributed by atoms with Crippen LogP contribution in [-0.4, -0.2) is 42.5 Å². The van der Waals surface area contributed by atoms with Crippen molar-refractivity contribution in [1.82, 2.24) is 5.32 Å². The van der Waals surface area contributed by atoms with Gasteiger partial charge < -0.3 is 30.7 Å². The highest BCUT2D eigenvalue weighted by molar-refractivity contribution is 5.74. The zero-order valence-electron chi connectivity index (χ0n) is 12.2. The lowest BCUT2D eigenvalue weighted by Gasteiger charge is -2.10. The summed E-state index contributed by atoms with van der Waals surface area (Å²) in [4.78, 5) is 9.45. The minimum absolute atomic E-state index is 0.0511. The molecule has 0 aliphatic rings. The Morgan fingerprint density at radius 1 is 1.38 bits per heavy atom. The molecule has 21 heavy (non-hydrogen) atoms. The van der Waals surface area contributed by atoms with Crippen LogP contribution >= 0.6 is 0 Å². The van der Waals surface area contributed by atoms with E-state index in [1.54, 1.807) is 14.2 Å². The Morgan fingerprint density at radius 2 is 1.90 bits per heavy atom. The first-order valence-electron chi connectivity index (χ1n) is 6.01. The molecule has 0 radical (unpaired) electrons. The van der Waals surface area contributed by atoms with Crippen molar-refractivity contribution >= 4 is 11.9 Å². The third kappa shape index (κ3) is 7.63. The minimum atomic E-state index is -1.23. The quantitative estimate of drug-likeness (QED) is 0.385. The van der Waals surface area contributed by atoms with Gasteiger partial charge in [-0.15, -0.1) is 0 Å². The number of carbonyl (C=O) groups is 1. The fourth-order valence-electron chi connectivity index (χ4n) is 1.19. The van der Waals surface area contributed by atoms with E-state index in [1.807, 2.05) is 18.2 Å². The van der Waals surface area contributed by atoms with Crippen LogP contribution in [0.3, 0.4) is 0 Å². The molecule has 0 saturated heterocycles. The van der Waals surface area contributed by atoms with Crippen molar-refractivity contribution in [3.8, 4) is 11.5 Å². The van der Waals surface area contributed by atoms with E-state index < -0.39 is 12.1 Å². The topological polar surface area (TPSA) is 138 Å². The normalized spacial score (nSPS) is 10.7. The molecule has 1 aromatic carbocycles. The van der Waals surface area contributed by atoms with Gasteiger partial charge in [-0.2, -0.15) is 0 Å². The monoisotopic (exact) mass is 299 g/mol. The van der Waals surface area contributed by atoms with Crippen molar-refractivity contribution in [2.45, 2.75) is 19.6 Å². The standard InChI is InChI=1S/C10H15N3O2.C3H6O3/c1-14-8-4-3-7(5-9(8)15-2)6-13-10(11)12;1-2(4)3(5)6/h3-5H,6H2,1-2H3,(H4,11,12,13);2,4H,1H3,(H,5,6). The second-order valence-electron chi connectivity index (χ2n) is 3.97. The third-order valence-corrected chi connectivity index (χ3v) is 2.29. The molecule has 0 aromatic heterocycles. The summed E-state index contributed by atoms with van der Waals surface area (Å²) in [6.07, 6.45) is -1.23. The van der Waals surface area contributed by atoms with Crippen molar-refractivity contribution < 1.29 is 24.5 Å². The number of aliphatic hydroxyl groups is 1. The van der Waals surface area contributed by atoms with Gasteiger partial charge in [-0.1, -0.05) is 6.07 Å². The first-order chi connectivity index (χ1) is 9.81. The number of guanidine groups is 1. The summed E-state index contributed by atoms with van der Waals surface area (Å²) < 4.78 is 10.3. The molecular weight excluding hydrogens is 278 g/mol. The van der Waals surface area contributed by atoms with Crippen molar-refractivity contribution in [2.75, 3.05) is 14.2 Å². The van der Waals surface area contributed by atoms with Crippen LogP contribution in [0.15, 0.2) is 18.2 Å². The maximum absolute atomic E-state index is 9.45. The molecule has 1 rings (SSSR count). The van der Waals surface area contributed by atoms with Gasteiger partial charge in [0.05, 0.1) is 14.2 Å². The van der Waals surface area contributed by atoms with Crippen LogP contribution in [0.25, 0.3) is 0 Å². The Bertz CT molecular complexity index is 477. The molecule has 6 N–H and O–H groups in total. The smallest absolute Gasteiger partial charge is 0.332 e. The fraction of sp³-hybridized carbons (Fsp3) is 0.385. The second-order valence-corrected chi connectivity index (χ2v) is 3.97. The molecule has 0 aliphatic heterocycles. The molecule has 0 saturated carbocycles. The van der Waals surface area contributed by atoms with Gasteiger partial charge in [-0.3, -0.25) is 5.41 Å². The fourth-order valence-corrected chi connectivity index (χ4v) is 1.19. The lowest BCUT2D eigenvalue weighted by atomic mass is 10.2. The molecule has 118 valence electrons. The van der Waals surface area contributed by atoms with Crippen LogP contribution in [0.4, 0.5) is 0 Å². The van der Waals surface area contributed by atoms with Gasteiger partial charge in [0.15, 0.2) is 17.5 Å². The summed E-state index contributed by atoms with van der Waals surface area (Å²) in [6, 6.07) is 5.54. The van der Waals surface area contributed by atoms with E-state index in [9.17, 15) is 4.79 Å². The molecule has 8 nitrogen and oxygen atoms in total. The molecule has 1 unspecified atom stereocenters. The lowest BCUT2D eigenvalue weighted by Crippen LogP contribution is -2.29. The number of rotatable bonds is 5. The van der Waals surface area contributed by atoms with E-state index >= 15 is 0 Å². The zero-order valence-corrected chi connectivity index (χ0v) is 12.2. The van der Waals surface area contributed by atoms with Crippen LogP contribution in [0.1, 0.15) is 12.5 Å². The van der Waals surface area contributed by atoms with Crippen LogP contribution in [0.5, 0.6) is 11.5 Å². The van der Waals surface area contributed by atoms with Crippen molar-refractivity contribution in [3.63, 3.8) is 0 Å². The molecule has 8 heteroatoms. The number of benzene rings is 1.